The highest BCUT2D eigenvalue weighted by molar-refractivity contribution is 6.62. The van der Waals surface area contributed by atoms with Crippen LogP contribution in [0.15, 0.2) is 18.2 Å². The largest absolute Gasteiger partial charge is 0.494 e. The number of carbonyl (C=O) groups is 1. The van der Waals surface area contributed by atoms with Gasteiger partial charge in [0.15, 0.2) is 0 Å². The zero-order chi connectivity index (χ0) is 15.1. The predicted octanol–water partition coefficient (Wildman–Crippen LogP) is 2.60. The van der Waals surface area contributed by atoms with Crippen LogP contribution in [0.1, 0.15) is 34.6 Å². The van der Waals surface area contributed by atoms with Gasteiger partial charge in [0.2, 0.25) is 5.91 Å². The fourth-order valence-corrected chi connectivity index (χ4v) is 2.12. The van der Waals surface area contributed by atoms with E-state index in [-0.39, 0.29) is 5.91 Å². The normalized spacial score (nSPS) is 20.0. The van der Waals surface area contributed by atoms with E-state index in [2.05, 4.69) is 5.32 Å². The van der Waals surface area contributed by atoms with Gasteiger partial charge in [-0.05, 0) is 45.3 Å². The summed E-state index contributed by atoms with van der Waals surface area (Å²) in [4.78, 5) is 11.2. The van der Waals surface area contributed by atoms with Crippen LogP contribution in [-0.2, 0) is 14.1 Å². The summed E-state index contributed by atoms with van der Waals surface area (Å²) in [5.41, 5.74) is 0.597. The molecule has 20 heavy (non-hydrogen) atoms. The fourth-order valence-electron chi connectivity index (χ4n) is 1.95. The van der Waals surface area contributed by atoms with Gasteiger partial charge in [0.1, 0.15) is 0 Å². The van der Waals surface area contributed by atoms with Crippen molar-refractivity contribution in [1.29, 1.82) is 0 Å². The van der Waals surface area contributed by atoms with Gasteiger partial charge >= 0.3 is 7.12 Å². The molecular formula is C14H19BClNO3. The van der Waals surface area contributed by atoms with Crippen molar-refractivity contribution in [3.05, 3.63) is 23.2 Å². The van der Waals surface area contributed by atoms with E-state index in [1.807, 2.05) is 33.8 Å². The molecule has 0 aromatic heterocycles. The molecule has 1 aliphatic heterocycles. The maximum atomic E-state index is 11.2. The minimum atomic E-state index is -0.468. The maximum absolute atomic E-state index is 11.2. The summed E-state index contributed by atoms with van der Waals surface area (Å²) in [6.45, 7) is 9.43. The van der Waals surface area contributed by atoms with E-state index in [4.69, 9.17) is 20.9 Å². The summed E-state index contributed by atoms with van der Waals surface area (Å²) in [6, 6.07) is 5.36. The number of hydrogen-bond donors (Lipinski definition) is 1. The second-order valence-corrected chi connectivity index (χ2v) is 6.42. The Morgan fingerprint density at radius 2 is 1.75 bits per heavy atom. The number of benzene rings is 1. The number of amides is 1. The molecule has 108 valence electrons. The Morgan fingerprint density at radius 1 is 1.20 bits per heavy atom. The van der Waals surface area contributed by atoms with Crippen LogP contribution >= 0.6 is 11.6 Å². The highest BCUT2D eigenvalue weighted by Gasteiger charge is 2.51. The monoisotopic (exact) mass is 295 g/mol. The summed E-state index contributed by atoms with van der Waals surface area (Å²) >= 11 is 6.06. The van der Waals surface area contributed by atoms with Crippen LogP contribution in [0.5, 0.6) is 0 Å². The number of carbonyl (C=O) groups excluding carboxylic acids is 1. The van der Waals surface area contributed by atoms with Crippen molar-refractivity contribution in [2.24, 2.45) is 0 Å². The Balaban J connectivity index is 2.29. The van der Waals surface area contributed by atoms with Crippen molar-refractivity contribution in [2.45, 2.75) is 45.8 Å². The molecule has 2 rings (SSSR count). The Bertz CT molecular complexity index is 529. The molecule has 1 heterocycles. The topological polar surface area (TPSA) is 47.6 Å². The first-order valence-electron chi connectivity index (χ1n) is 6.55. The van der Waals surface area contributed by atoms with Crippen molar-refractivity contribution in [2.75, 3.05) is 5.32 Å². The highest BCUT2D eigenvalue weighted by atomic mass is 35.5. The Kier molecular flexibility index (Phi) is 3.89. The quantitative estimate of drug-likeness (QED) is 0.853. The van der Waals surface area contributed by atoms with Gasteiger partial charge in [-0.1, -0.05) is 17.7 Å². The molecule has 0 atom stereocenters. The van der Waals surface area contributed by atoms with Crippen LogP contribution < -0.4 is 10.8 Å². The molecule has 0 aliphatic carbocycles. The third-order valence-electron chi connectivity index (χ3n) is 3.83. The van der Waals surface area contributed by atoms with Crippen LogP contribution in [0.25, 0.3) is 0 Å². The third-order valence-corrected chi connectivity index (χ3v) is 4.16. The molecule has 1 aromatic carbocycles. The zero-order valence-corrected chi connectivity index (χ0v) is 13.2. The van der Waals surface area contributed by atoms with Crippen LogP contribution in [0, 0.1) is 0 Å². The number of nitrogens with one attached hydrogen (secondary N) is 1. The van der Waals surface area contributed by atoms with Gasteiger partial charge in [0, 0.05) is 6.92 Å². The molecule has 1 N–H and O–H groups in total. The van der Waals surface area contributed by atoms with Gasteiger partial charge < -0.3 is 14.6 Å². The molecule has 1 amide bonds. The maximum Gasteiger partial charge on any atom is 0.494 e. The van der Waals surface area contributed by atoms with E-state index in [0.717, 1.165) is 5.46 Å². The van der Waals surface area contributed by atoms with Gasteiger partial charge in [-0.2, -0.15) is 0 Å². The molecule has 4 nitrogen and oxygen atoms in total. The van der Waals surface area contributed by atoms with Crippen molar-refractivity contribution < 1.29 is 14.1 Å². The number of anilines is 1. The van der Waals surface area contributed by atoms with Gasteiger partial charge in [-0.15, -0.1) is 0 Å². The van der Waals surface area contributed by atoms with E-state index in [1.54, 1.807) is 12.1 Å². The van der Waals surface area contributed by atoms with Crippen molar-refractivity contribution in [3.63, 3.8) is 0 Å². The molecule has 1 aliphatic rings. The van der Waals surface area contributed by atoms with Crippen molar-refractivity contribution in [3.8, 4) is 0 Å². The molecule has 1 fully saturated rings. The van der Waals surface area contributed by atoms with Gasteiger partial charge in [0.25, 0.3) is 0 Å². The summed E-state index contributed by atoms with van der Waals surface area (Å²) in [5, 5.41) is 3.18. The molecule has 0 unspecified atom stereocenters. The van der Waals surface area contributed by atoms with Gasteiger partial charge in [0.05, 0.1) is 21.9 Å². The SMILES string of the molecule is CC(=O)Nc1cc(B2OC(C)(C)C(C)(C)O2)ccc1Cl. The summed E-state index contributed by atoms with van der Waals surface area (Å²) < 4.78 is 11.9. The number of hydrogen-bond acceptors (Lipinski definition) is 3. The smallest absolute Gasteiger partial charge is 0.399 e. The van der Waals surface area contributed by atoms with E-state index < -0.39 is 18.3 Å². The Hall–Kier alpha value is -1.04. The van der Waals surface area contributed by atoms with Crippen LogP contribution in [-0.4, -0.2) is 24.2 Å². The van der Waals surface area contributed by atoms with E-state index >= 15 is 0 Å². The lowest BCUT2D eigenvalue weighted by Gasteiger charge is -2.32. The average Bonchev–Trinajstić information content (AvgIpc) is 2.50. The van der Waals surface area contributed by atoms with Crippen molar-refractivity contribution in [1.82, 2.24) is 0 Å². The lowest BCUT2D eigenvalue weighted by atomic mass is 9.79. The molecule has 1 aromatic rings. The third kappa shape index (κ3) is 2.85. The van der Waals surface area contributed by atoms with E-state index in [0.29, 0.717) is 10.7 Å². The second kappa shape index (κ2) is 5.06. The molecular weight excluding hydrogens is 276 g/mol. The van der Waals surface area contributed by atoms with Gasteiger partial charge in [-0.3, -0.25) is 4.79 Å². The van der Waals surface area contributed by atoms with Crippen LogP contribution in [0.2, 0.25) is 5.02 Å². The minimum Gasteiger partial charge on any atom is -0.399 e. The predicted molar refractivity (Wildman–Crippen MR) is 81.5 cm³/mol. The number of halogens is 1. The van der Waals surface area contributed by atoms with E-state index in [9.17, 15) is 4.79 Å². The first-order chi connectivity index (χ1) is 9.12. The lowest BCUT2D eigenvalue weighted by molar-refractivity contribution is -0.114. The standard InChI is InChI=1S/C14H19BClNO3/c1-9(18)17-12-8-10(6-7-11(12)16)15-19-13(2,3)14(4,5)20-15/h6-8H,1-5H3,(H,17,18). The first kappa shape index (κ1) is 15.4. The lowest BCUT2D eigenvalue weighted by Crippen LogP contribution is -2.41. The Labute approximate surface area is 124 Å². The molecule has 0 saturated carbocycles. The summed E-state index contributed by atoms with van der Waals surface area (Å²) in [6.07, 6.45) is 0. The van der Waals surface area contributed by atoms with Crippen LogP contribution in [0.3, 0.4) is 0 Å². The van der Waals surface area contributed by atoms with Crippen LogP contribution in [0.4, 0.5) is 5.69 Å². The molecule has 0 bridgehead atoms. The number of rotatable bonds is 2. The minimum absolute atomic E-state index is 0.169. The summed E-state index contributed by atoms with van der Waals surface area (Å²) in [5.74, 6) is -0.169. The van der Waals surface area contributed by atoms with Gasteiger partial charge in [-0.25, -0.2) is 0 Å². The summed E-state index contributed by atoms with van der Waals surface area (Å²) in [7, 11) is -0.468. The average molecular weight is 296 g/mol. The second-order valence-electron chi connectivity index (χ2n) is 6.01. The Morgan fingerprint density at radius 3 is 2.25 bits per heavy atom. The molecule has 0 radical (unpaired) electrons. The molecule has 1 saturated heterocycles. The van der Waals surface area contributed by atoms with E-state index in [1.165, 1.54) is 6.92 Å². The highest BCUT2D eigenvalue weighted by Crippen LogP contribution is 2.36. The fraction of sp³-hybridized carbons (Fsp3) is 0.500. The molecule has 0 spiro atoms. The first-order valence-corrected chi connectivity index (χ1v) is 6.93. The van der Waals surface area contributed by atoms with Crippen molar-refractivity contribution >= 4 is 35.8 Å². The zero-order valence-electron chi connectivity index (χ0n) is 12.4. The molecule has 6 heteroatoms.